The zero-order chi connectivity index (χ0) is 19.7. The van der Waals surface area contributed by atoms with E-state index >= 15 is 0 Å². The van der Waals surface area contributed by atoms with E-state index in [0.29, 0.717) is 28.6 Å². The highest BCUT2D eigenvalue weighted by atomic mass is 19.1. The first-order valence-electron chi connectivity index (χ1n) is 8.88. The summed E-state index contributed by atoms with van der Waals surface area (Å²) in [6.45, 7) is 1.52. The lowest BCUT2D eigenvalue weighted by molar-refractivity contribution is 0.101. The minimum Gasteiger partial charge on any atom is -0.301 e. The number of fused-ring (bicyclic) bond motifs is 1. The lowest BCUT2D eigenvalue weighted by atomic mass is 10.0. The van der Waals surface area contributed by atoms with Gasteiger partial charge in [0.25, 0.3) is 0 Å². The molecule has 4 aromatic rings. The molecule has 138 valence electrons. The Morgan fingerprint density at radius 2 is 1.75 bits per heavy atom. The van der Waals surface area contributed by atoms with Crippen LogP contribution >= 0.6 is 0 Å². The largest absolute Gasteiger partial charge is 0.301 e. The van der Waals surface area contributed by atoms with Gasteiger partial charge < -0.3 is 4.57 Å². The maximum Gasteiger partial charge on any atom is 0.194 e. The van der Waals surface area contributed by atoms with Gasteiger partial charge >= 0.3 is 0 Å². The predicted octanol–water partition coefficient (Wildman–Crippen LogP) is 4.32. The van der Waals surface area contributed by atoms with Crippen molar-refractivity contribution in [2.24, 2.45) is 0 Å². The summed E-state index contributed by atoms with van der Waals surface area (Å²) in [7, 11) is 0. The van der Waals surface area contributed by atoms with E-state index in [-0.39, 0.29) is 17.0 Å². The van der Waals surface area contributed by atoms with Crippen molar-refractivity contribution >= 4 is 16.8 Å². The Bertz CT molecular complexity index is 1230. The molecule has 0 amide bonds. The van der Waals surface area contributed by atoms with Crippen molar-refractivity contribution in [3.63, 3.8) is 0 Å². The van der Waals surface area contributed by atoms with Crippen LogP contribution in [0.25, 0.3) is 16.7 Å². The molecule has 0 aliphatic rings. The maximum atomic E-state index is 13.3. The Balaban J connectivity index is 1.84. The standard InChI is InChI=1S/C23H17FN2O2/c1-15(27)17-6-4-16(5-7-17)13-18-14-26(20-10-8-19(24)9-11-20)23-21(22(18)28)3-2-12-25-23/h2-12,14H,13H2,1H3. The zero-order valence-electron chi connectivity index (χ0n) is 15.2. The van der Waals surface area contributed by atoms with Crippen LogP contribution in [0.2, 0.25) is 0 Å². The molecule has 0 saturated heterocycles. The molecule has 0 bridgehead atoms. The predicted molar refractivity (Wildman–Crippen MR) is 107 cm³/mol. The second kappa shape index (κ2) is 7.19. The van der Waals surface area contributed by atoms with Crippen LogP contribution in [0.3, 0.4) is 0 Å². The van der Waals surface area contributed by atoms with Gasteiger partial charge in [-0.1, -0.05) is 24.3 Å². The first-order valence-corrected chi connectivity index (χ1v) is 8.88. The number of ketones is 1. The highest BCUT2D eigenvalue weighted by Crippen LogP contribution is 2.18. The highest BCUT2D eigenvalue weighted by molar-refractivity contribution is 5.94. The van der Waals surface area contributed by atoms with Gasteiger partial charge in [0.15, 0.2) is 11.2 Å². The Labute approximate surface area is 160 Å². The number of carbonyl (C=O) groups is 1. The number of pyridine rings is 2. The molecule has 2 aromatic carbocycles. The average Bonchev–Trinajstić information content (AvgIpc) is 2.71. The van der Waals surface area contributed by atoms with E-state index in [9.17, 15) is 14.0 Å². The van der Waals surface area contributed by atoms with E-state index < -0.39 is 0 Å². The van der Waals surface area contributed by atoms with Crippen LogP contribution < -0.4 is 5.43 Å². The van der Waals surface area contributed by atoms with Gasteiger partial charge in [0.05, 0.1) is 5.39 Å². The van der Waals surface area contributed by atoms with Crippen molar-refractivity contribution in [3.8, 4) is 5.69 Å². The fourth-order valence-electron chi connectivity index (χ4n) is 3.22. The fraction of sp³-hybridized carbons (Fsp3) is 0.0870. The fourth-order valence-corrected chi connectivity index (χ4v) is 3.22. The molecule has 0 aliphatic carbocycles. The van der Waals surface area contributed by atoms with Crippen LogP contribution in [0.4, 0.5) is 4.39 Å². The lowest BCUT2D eigenvalue weighted by Gasteiger charge is -2.13. The number of hydrogen-bond donors (Lipinski definition) is 0. The van der Waals surface area contributed by atoms with Crippen molar-refractivity contribution in [2.45, 2.75) is 13.3 Å². The molecule has 0 unspecified atom stereocenters. The molecule has 4 nitrogen and oxygen atoms in total. The Kier molecular flexibility index (Phi) is 4.57. The Hall–Kier alpha value is -3.60. The Morgan fingerprint density at radius 3 is 2.43 bits per heavy atom. The summed E-state index contributed by atoms with van der Waals surface area (Å²) in [4.78, 5) is 28.8. The normalized spacial score (nSPS) is 10.9. The van der Waals surface area contributed by atoms with Crippen LogP contribution in [0.15, 0.2) is 77.9 Å². The summed E-state index contributed by atoms with van der Waals surface area (Å²) >= 11 is 0. The second-order valence-corrected chi connectivity index (χ2v) is 6.63. The number of benzene rings is 2. The third-order valence-electron chi connectivity index (χ3n) is 4.70. The van der Waals surface area contributed by atoms with Gasteiger partial charge in [0.1, 0.15) is 11.5 Å². The minimum absolute atomic E-state index is 0.00185. The van der Waals surface area contributed by atoms with E-state index in [2.05, 4.69) is 4.98 Å². The van der Waals surface area contributed by atoms with Gasteiger partial charge in [-0.15, -0.1) is 0 Å². The Morgan fingerprint density at radius 1 is 1.04 bits per heavy atom. The zero-order valence-corrected chi connectivity index (χ0v) is 15.2. The topological polar surface area (TPSA) is 52.0 Å². The second-order valence-electron chi connectivity index (χ2n) is 6.63. The van der Waals surface area contributed by atoms with E-state index in [1.807, 2.05) is 12.1 Å². The third-order valence-corrected chi connectivity index (χ3v) is 4.70. The molecular weight excluding hydrogens is 355 g/mol. The highest BCUT2D eigenvalue weighted by Gasteiger charge is 2.12. The molecule has 0 saturated carbocycles. The molecule has 2 aromatic heterocycles. The van der Waals surface area contributed by atoms with Crippen molar-refractivity contribution in [1.82, 2.24) is 9.55 Å². The van der Waals surface area contributed by atoms with Gasteiger partial charge in [-0.2, -0.15) is 0 Å². The van der Waals surface area contributed by atoms with Gasteiger partial charge in [0.2, 0.25) is 0 Å². The van der Waals surface area contributed by atoms with Crippen molar-refractivity contribution in [2.75, 3.05) is 0 Å². The molecule has 2 heterocycles. The summed E-state index contributed by atoms with van der Waals surface area (Å²) in [5.74, 6) is -0.324. The van der Waals surface area contributed by atoms with Gasteiger partial charge in [-0.3, -0.25) is 9.59 Å². The van der Waals surface area contributed by atoms with Crippen LogP contribution in [0.5, 0.6) is 0 Å². The molecule has 0 fully saturated rings. The van der Waals surface area contributed by atoms with Crippen LogP contribution in [-0.2, 0) is 6.42 Å². The molecule has 28 heavy (non-hydrogen) atoms. The van der Waals surface area contributed by atoms with Crippen molar-refractivity contribution in [3.05, 3.63) is 106 Å². The van der Waals surface area contributed by atoms with Crippen LogP contribution in [0, 0.1) is 5.82 Å². The quantitative estimate of drug-likeness (QED) is 0.502. The number of rotatable bonds is 4. The monoisotopic (exact) mass is 372 g/mol. The summed E-state index contributed by atoms with van der Waals surface area (Å²) < 4.78 is 15.1. The van der Waals surface area contributed by atoms with E-state index in [1.54, 1.807) is 53.4 Å². The first kappa shape index (κ1) is 17.8. The number of hydrogen-bond acceptors (Lipinski definition) is 3. The first-order chi connectivity index (χ1) is 13.5. The summed E-state index contributed by atoms with van der Waals surface area (Å²) in [6, 6.07) is 16.8. The summed E-state index contributed by atoms with van der Waals surface area (Å²) in [6.07, 6.45) is 3.80. The summed E-state index contributed by atoms with van der Waals surface area (Å²) in [5, 5.41) is 0.504. The number of Topliss-reactive ketones (excluding diaryl/α,β-unsaturated/α-hetero) is 1. The van der Waals surface area contributed by atoms with Gasteiger partial charge in [0, 0.05) is 35.6 Å². The molecule has 5 heteroatoms. The van der Waals surface area contributed by atoms with Gasteiger partial charge in [-0.05, 0) is 48.9 Å². The van der Waals surface area contributed by atoms with Gasteiger partial charge in [-0.25, -0.2) is 9.37 Å². The number of halogens is 1. The molecule has 0 spiro atoms. The van der Waals surface area contributed by atoms with E-state index in [0.717, 1.165) is 11.3 Å². The maximum absolute atomic E-state index is 13.3. The molecule has 0 N–H and O–H groups in total. The molecule has 0 radical (unpaired) electrons. The van der Waals surface area contributed by atoms with Crippen LogP contribution in [-0.4, -0.2) is 15.3 Å². The SMILES string of the molecule is CC(=O)c1ccc(Cc2cn(-c3ccc(F)cc3)c3ncccc3c2=O)cc1. The number of nitrogens with zero attached hydrogens (tertiary/aromatic N) is 2. The smallest absolute Gasteiger partial charge is 0.194 e. The number of carbonyl (C=O) groups excluding carboxylic acids is 1. The van der Waals surface area contributed by atoms with Crippen molar-refractivity contribution < 1.29 is 9.18 Å². The van der Waals surface area contributed by atoms with Crippen LogP contribution in [0.1, 0.15) is 28.4 Å². The molecule has 4 rings (SSSR count). The third kappa shape index (κ3) is 3.34. The van der Waals surface area contributed by atoms with E-state index in [4.69, 9.17) is 0 Å². The van der Waals surface area contributed by atoms with E-state index in [1.165, 1.54) is 19.1 Å². The molecule has 0 aliphatic heterocycles. The molecule has 0 atom stereocenters. The average molecular weight is 372 g/mol. The minimum atomic E-state index is -0.326. The lowest BCUT2D eigenvalue weighted by Crippen LogP contribution is -2.15. The number of aromatic nitrogens is 2. The summed E-state index contributed by atoms with van der Waals surface area (Å²) in [5.41, 5.74) is 3.32. The molecular formula is C23H17FN2O2. The van der Waals surface area contributed by atoms with Crippen molar-refractivity contribution in [1.29, 1.82) is 0 Å².